The van der Waals surface area contributed by atoms with E-state index in [1.807, 2.05) is 0 Å². The first kappa shape index (κ1) is 13.5. The van der Waals surface area contributed by atoms with Crippen LogP contribution in [0.25, 0.3) is 0 Å². The number of nitrogens with one attached hydrogen (secondary N) is 1. The third-order valence-corrected chi connectivity index (χ3v) is 3.71. The van der Waals surface area contributed by atoms with Gasteiger partial charge in [0.25, 0.3) is 5.91 Å². The van der Waals surface area contributed by atoms with Gasteiger partial charge in [0, 0.05) is 43.7 Å². The monoisotopic (exact) mass is 284 g/mol. The van der Waals surface area contributed by atoms with Crippen LogP contribution in [0.1, 0.15) is 34.9 Å². The van der Waals surface area contributed by atoms with Gasteiger partial charge in [-0.1, -0.05) is 6.07 Å². The molecule has 2 aromatic heterocycles. The van der Waals surface area contributed by atoms with Gasteiger partial charge in [0.2, 0.25) is 5.56 Å². The minimum Gasteiger partial charge on any atom is -0.337 e. The van der Waals surface area contributed by atoms with Gasteiger partial charge in [-0.05, 0) is 18.9 Å². The van der Waals surface area contributed by atoms with Gasteiger partial charge in [0.05, 0.1) is 5.69 Å². The van der Waals surface area contributed by atoms with Crippen LogP contribution in [0.2, 0.25) is 0 Å². The molecule has 21 heavy (non-hydrogen) atoms. The summed E-state index contributed by atoms with van der Waals surface area (Å²) in [5, 5.41) is 0. The Kier molecular flexibility index (Phi) is 3.77. The van der Waals surface area contributed by atoms with E-state index in [0.29, 0.717) is 18.8 Å². The van der Waals surface area contributed by atoms with Crippen LogP contribution in [-0.2, 0) is 0 Å². The van der Waals surface area contributed by atoms with Crippen LogP contribution in [0.3, 0.4) is 0 Å². The van der Waals surface area contributed by atoms with E-state index in [-0.39, 0.29) is 17.4 Å². The summed E-state index contributed by atoms with van der Waals surface area (Å²) in [6, 6.07) is 4.63. The van der Waals surface area contributed by atoms with Crippen molar-refractivity contribution in [3.8, 4) is 0 Å². The molecular formula is C15H16N4O2. The Labute approximate surface area is 121 Å². The van der Waals surface area contributed by atoms with Crippen molar-refractivity contribution in [2.24, 2.45) is 0 Å². The average Bonchev–Trinajstić information content (AvgIpc) is 2.55. The summed E-state index contributed by atoms with van der Waals surface area (Å²) >= 11 is 0. The Hall–Kier alpha value is -2.50. The molecule has 1 saturated heterocycles. The van der Waals surface area contributed by atoms with Gasteiger partial charge in [0.1, 0.15) is 5.69 Å². The summed E-state index contributed by atoms with van der Waals surface area (Å²) < 4.78 is 0. The van der Waals surface area contributed by atoms with Gasteiger partial charge in [-0.3, -0.25) is 19.6 Å². The number of amides is 1. The number of aromatic nitrogens is 3. The normalized spacial score (nSPS) is 18.5. The maximum Gasteiger partial charge on any atom is 0.270 e. The molecule has 1 fully saturated rings. The third-order valence-electron chi connectivity index (χ3n) is 3.71. The van der Waals surface area contributed by atoms with Crippen LogP contribution in [0.15, 0.2) is 41.6 Å². The molecule has 1 amide bonds. The number of pyridine rings is 1. The van der Waals surface area contributed by atoms with E-state index < -0.39 is 0 Å². The summed E-state index contributed by atoms with van der Waals surface area (Å²) in [4.78, 5) is 36.5. The highest BCUT2D eigenvalue weighted by atomic mass is 16.2. The fourth-order valence-corrected chi connectivity index (χ4v) is 2.67. The predicted octanol–water partition coefficient (Wildman–Crippen LogP) is 1.18. The van der Waals surface area contributed by atoms with E-state index in [9.17, 15) is 9.59 Å². The number of nitrogens with zero attached hydrogens (tertiary/aromatic N) is 3. The summed E-state index contributed by atoms with van der Waals surface area (Å²) in [5.41, 5.74) is 0.988. The summed E-state index contributed by atoms with van der Waals surface area (Å²) in [6.07, 6.45) is 6.98. The smallest absolute Gasteiger partial charge is 0.270 e. The zero-order valence-corrected chi connectivity index (χ0v) is 11.5. The molecule has 2 aromatic rings. The van der Waals surface area contributed by atoms with Crippen molar-refractivity contribution in [1.29, 1.82) is 0 Å². The molecule has 3 rings (SSSR count). The molecule has 1 atom stereocenters. The number of H-pyrrole nitrogens is 1. The lowest BCUT2D eigenvalue weighted by molar-refractivity contribution is 0.0699. The molecule has 0 bridgehead atoms. The van der Waals surface area contributed by atoms with Crippen molar-refractivity contribution in [3.05, 3.63) is 58.5 Å². The first-order valence-electron chi connectivity index (χ1n) is 6.98. The summed E-state index contributed by atoms with van der Waals surface area (Å²) in [7, 11) is 0. The van der Waals surface area contributed by atoms with Crippen molar-refractivity contribution in [3.63, 3.8) is 0 Å². The zero-order chi connectivity index (χ0) is 14.7. The number of hydrogen-bond acceptors (Lipinski definition) is 4. The standard InChI is InChI=1S/C15H16N4O2/c20-14-5-1-4-12(18-14)15(21)19-8-2-3-11(10-19)13-9-16-6-7-17-13/h1,4-7,9,11H,2-3,8,10H2,(H,18,20). The molecule has 0 aromatic carbocycles. The van der Waals surface area contributed by atoms with Crippen LogP contribution in [0, 0.1) is 0 Å². The highest BCUT2D eigenvalue weighted by molar-refractivity contribution is 5.92. The number of piperidine rings is 1. The lowest BCUT2D eigenvalue weighted by Gasteiger charge is -2.32. The Balaban J connectivity index is 1.77. The van der Waals surface area contributed by atoms with Crippen molar-refractivity contribution in [2.45, 2.75) is 18.8 Å². The molecule has 1 aliphatic rings. The molecule has 0 spiro atoms. The van der Waals surface area contributed by atoms with Gasteiger partial charge in [-0.25, -0.2) is 0 Å². The van der Waals surface area contributed by atoms with Crippen LogP contribution < -0.4 is 5.56 Å². The maximum absolute atomic E-state index is 12.4. The van der Waals surface area contributed by atoms with Crippen LogP contribution in [0.4, 0.5) is 0 Å². The summed E-state index contributed by atoms with van der Waals surface area (Å²) in [5.74, 6) is 0.0631. The SMILES string of the molecule is O=C(c1cccc(=O)[nH]1)N1CCCC(c2cnccn2)C1. The number of aromatic amines is 1. The minimum absolute atomic E-state index is 0.138. The van der Waals surface area contributed by atoms with Gasteiger partial charge in [-0.15, -0.1) is 0 Å². The zero-order valence-electron chi connectivity index (χ0n) is 11.5. The first-order valence-corrected chi connectivity index (χ1v) is 6.98. The molecule has 6 heteroatoms. The number of likely N-dealkylation sites (tertiary alicyclic amines) is 1. The van der Waals surface area contributed by atoms with Crippen LogP contribution in [0.5, 0.6) is 0 Å². The molecule has 1 unspecified atom stereocenters. The quantitative estimate of drug-likeness (QED) is 0.898. The molecule has 0 aliphatic carbocycles. The van der Waals surface area contributed by atoms with Gasteiger partial charge in [0.15, 0.2) is 0 Å². The topological polar surface area (TPSA) is 79.0 Å². The fraction of sp³-hybridized carbons (Fsp3) is 0.333. The van der Waals surface area contributed by atoms with E-state index in [4.69, 9.17) is 0 Å². The van der Waals surface area contributed by atoms with Crippen LogP contribution in [-0.4, -0.2) is 38.8 Å². The van der Waals surface area contributed by atoms with Crippen molar-refractivity contribution >= 4 is 5.91 Å². The number of carbonyl (C=O) groups is 1. The van der Waals surface area contributed by atoms with Gasteiger partial charge in [-0.2, -0.15) is 0 Å². The van der Waals surface area contributed by atoms with Crippen molar-refractivity contribution < 1.29 is 4.79 Å². The average molecular weight is 284 g/mol. The molecule has 6 nitrogen and oxygen atoms in total. The Morgan fingerprint density at radius 2 is 2.24 bits per heavy atom. The minimum atomic E-state index is -0.261. The molecule has 108 valence electrons. The third kappa shape index (κ3) is 2.99. The number of hydrogen-bond donors (Lipinski definition) is 1. The second-order valence-corrected chi connectivity index (χ2v) is 5.15. The largest absolute Gasteiger partial charge is 0.337 e. The van der Waals surface area contributed by atoms with Crippen LogP contribution >= 0.6 is 0 Å². The Bertz CT molecular complexity index is 683. The van der Waals surface area contributed by atoms with E-state index in [2.05, 4.69) is 15.0 Å². The second-order valence-electron chi connectivity index (χ2n) is 5.15. The maximum atomic E-state index is 12.4. The van der Waals surface area contributed by atoms with Gasteiger partial charge < -0.3 is 9.88 Å². The predicted molar refractivity (Wildman–Crippen MR) is 77.0 cm³/mol. The highest BCUT2D eigenvalue weighted by Crippen LogP contribution is 2.25. The Morgan fingerprint density at radius 3 is 3.00 bits per heavy atom. The van der Waals surface area contributed by atoms with E-state index in [1.54, 1.807) is 35.6 Å². The molecule has 0 saturated carbocycles. The number of carbonyl (C=O) groups excluding carboxylic acids is 1. The molecular weight excluding hydrogens is 268 g/mol. The molecule has 1 aliphatic heterocycles. The summed E-state index contributed by atoms with van der Waals surface area (Å²) in [6.45, 7) is 1.31. The molecule has 3 heterocycles. The lowest BCUT2D eigenvalue weighted by Crippen LogP contribution is -2.40. The highest BCUT2D eigenvalue weighted by Gasteiger charge is 2.26. The van der Waals surface area contributed by atoms with Crippen molar-refractivity contribution in [1.82, 2.24) is 19.9 Å². The van der Waals surface area contributed by atoms with E-state index in [0.717, 1.165) is 18.5 Å². The van der Waals surface area contributed by atoms with E-state index in [1.165, 1.54) is 6.07 Å². The molecule has 0 radical (unpaired) electrons. The van der Waals surface area contributed by atoms with E-state index >= 15 is 0 Å². The van der Waals surface area contributed by atoms with Gasteiger partial charge >= 0.3 is 0 Å². The second kappa shape index (κ2) is 5.87. The Morgan fingerprint density at radius 1 is 1.33 bits per heavy atom. The fourth-order valence-electron chi connectivity index (χ4n) is 2.67. The first-order chi connectivity index (χ1) is 10.2. The molecule has 1 N–H and O–H groups in total. The lowest BCUT2D eigenvalue weighted by atomic mass is 9.95. The number of rotatable bonds is 2. The van der Waals surface area contributed by atoms with Crippen molar-refractivity contribution in [2.75, 3.05) is 13.1 Å².